The molecule has 1 fully saturated rings. The van der Waals surface area contributed by atoms with E-state index in [1.165, 1.54) is 19.3 Å². The van der Waals surface area contributed by atoms with Crippen LogP contribution >= 0.6 is 0 Å². The first-order valence-electron chi connectivity index (χ1n) is 4.73. The molecule has 0 heterocycles. The maximum Gasteiger partial charge on any atom is 0.236 e. The summed E-state index contributed by atoms with van der Waals surface area (Å²) in [6, 6.07) is -0.370. The fourth-order valence-electron chi connectivity index (χ4n) is 1.17. The van der Waals surface area contributed by atoms with Gasteiger partial charge in [-0.15, -0.1) is 0 Å². The summed E-state index contributed by atoms with van der Waals surface area (Å²) in [5, 5.41) is 2.80. The van der Waals surface area contributed by atoms with Gasteiger partial charge in [-0.25, -0.2) is 0 Å². The quantitative estimate of drug-likeness (QED) is 0.595. The van der Waals surface area contributed by atoms with Crippen molar-refractivity contribution in [3.05, 3.63) is 0 Å². The van der Waals surface area contributed by atoms with E-state index in [4.69, 9.17) is 5.73 Å². The average molecular weight is 170 g/mol. The van der Waals surface area contributed by atoms with E-state index in [1.807, 2.05) is 0 Å². The zero-order valence-electron chi connectivity index (χ0n) is 7.68. The van der Waals surface area contributed by atoms with Gasteiger partial charge in [0.1, 0.15) is 0 Å². The molecule has 1 atom stereocenters. The molecule has 1 saturated carbocycles. The highest BCUT2D eigenvalue weighted by atomic mass is 16.2. The Morgan fingerprint density at radius 2 is 2.33 bits per heavy atom. The molecule has 0 aromatic carbocycles. The molecule has 1 unspecified atom stereocenters. The molecule has 70 valence electrons. The highest BCUT2D eigenvalue weighted by Crippen LogP contribution is 2.33. The van der Waals surface area contributed by atoms with Gasteiger partial charge in [-0.3, -0.25) is 4.79 Å². The van der Waals surface area contributed by atoms with Crippen LogP contribution in [0.25, 0.3) is 0 Å². The minimum absolute atomic E-state index is 0.0363. The number of hydrogen-bond acceptors (Lipinski definition) is 2. The zero-order chi connectivity index (χ0) is 8.97. The molecule has 3 heteroatoms. The van der Waals surface area contributed by atoms with E-state index >= 15 is 0 Å². The molecule has 0 aliphatic heterocycles. The van der Waals surface area contributed by atoms with Gasteiger partial charge in [0.2, 0.25) is 5.91 Å². The lowest BCUT2D eigenvalue weighted by Gasteiger charge is -2.06. The van der Waals surface area contributed by atoms with Crippen LogP contribution in [0.4, 0.5) is 0 Å². The summed E-state index contributed by atoms with van der Waals surface area (Å²) in [4.78, 5) is 11.0. The Bertz CT molecular complexity index is 153. The van der Waals surface area contributed by atoms with Crippen LogP contribution in [-0.2, 0) is 4.79 Å². The molecule has 1 aliphatic carbocycles. The third-order valence-corrected chi connectivity index (χ3v) is 2.20. The lowest BCUT2D eigenvalue weighted by atomic mass is 10.2. The van der Waals surface area contributed by atoms with E-state index in [-0.39, 0.29) is 11.9 Å². The van der Waals surface area contributed by atoms with E-state index in [1.54, 1.807) is 6.92 Å². The second-order valence-electron chi connectivity index (χ2n) is 3.67. The molecule has 1 rings (SSSR count). The molecule has 3 nitrogen and oxygen atoms in total. The summed E-state index contributed by atoms with van der Waals surface area (Å²) in [6.07, 6.45) is 5.14. The van der Waals surface area contributed by atoms with Crippen LogP contribution in [0.1, 0.15) is 32.6 Å². The van der Waals surface area contributed by atoms with Gasteiger partial charge in [0.15, 0.2) is 0 Å². The normalized spacial score (nSPS) is 18.8. The topological polar surface area (TPSA) is 55.1 Å². The van der Waals surface area contributed by atoms with Crippen LogP contribution in [0.3, 0.4) is 0 Å². The number of carbonyl (C=O) groups is 1. The van der Waals surface area contributed by atoms with Gasteiger partial charge < -0.3 is 11.1 Å². The third-order valence-electron chi connectivity index (χ3n) is 2.20. The van der Waals surface area contributed by atoms with Crippen molar-refractivity contribution in [1.29, 1.82) is 0 Å². The molecular weight excluding hydrogens is 152 g/mol. The number of carbonyl (C=O) groups excluding carboxylic acids is 1. The standard InChI is InChI=1S/C9H18N2O/c1-7(10)9(12)11-6-2-3-8-4-5-8/h7-8H,2-6,10H2,1H3,(H,11,12). The molecule has 1 amide bonds. The third kappa shape index (κ3) is 3.72. The monoisotopic (exact) mass is 170 g/mol. The molecule has 1 aliphatic rings. The number of nitrogens with one attached hydrogen (secondary N) is 1. The lowest BCUT2D eigenvalue weighted by molar-refractivity contribution is -0.121. The smallest absolute Gasteiger partial charge is 0.236 e. The van der Waals surface area contributed by atoms with E-state index in [0.717, 1.165) is 18.9 Å². The molecule has 0 aromatic rings. The largest absolute Gasteiger partial charge is 0.355 e. The van der Waals surface area contributed by atoms with E-state index < -0.39 is 0 Å². The maximum atomic E-state index is 11.0. The second kappa shape index (κ2) is 4.45. The molecule has 3 N–H and O–H groups in total. The first kappa shape index (κ1) is 9.52. The fourth-order valence-corrected chi connectivity index (χ4v) is 1.17. The predicted octanol–water partition coefficient (Wildman–Crippen LogP) is 0.640. The number of nitrogens with two attached hydrogens (primary N) is 1. The summed E-state index contributed by atoms with van der Waals surface area (Å²) >= 11 is 0. The summed E-state index contributed by atoms with van der Waals surface area (Å²) in [7, 11) is 0. The average Bonchev–Trinajstić information content (AvgIpc) is 2.80. The Kier molecular flexibility index (Phi) is 3.53. The molecule has 0 bridgehead atoms. The Morgan fingerprint density at radius 1 is 1.67 bits per heavy atom. The highest BCUT2D eigenvalue weighted by molar-refractivity contribution is 5.80. The minimum atomic E-state index is -0.370. The SMILES string of the molecule is CC(N)C(=O)NCCCC1CC1. The molecule has 0 saturated heterocycles. The Morgan fingerprint density at radius 3 is 2.83 bits per heavy atom. The molecule has 0 spiro atoms. The molecule has 0 aromatic heterocycles. The highest BCUT2D eigenvalue weighted by Gasteiger charge is 2.20. The van der Waals surface area contributed by atoms with Crippen molar-refractivity contribution >= 4 is 5.91 Å². The minimum Gasteiger partial charge on any atom is -0.355 e. The van der Waals surface area contributed by atoms with Crippen LogP contribution in [0.5, 0.6) is 0 Å². The van der Waals surface area contributed by atoms with Gasteiger partial charge in [-0.2, -0.15) is 0 Å². The zero-order valence-corrected chi connectivity index (χ0v) is 7.68. The van der Waals surface area contributed by atoms with Crippen molar-refractivity contribution in [2.24, 2.45) is 11.7 Å². The second-order valence-corrected chi connectivity index (χ2v) is 3.67. The van der Waals surface area contributed by atoms with Crippen molar-refractivity contribution in [3.63, 3.8) is 0 Å². The summed E-state index contributed by atoms with van der Waals surface area (Å²) in [5.41, 5.74) is 5.38. The van der Waals surface area contributed by atoms with E-state index in [0.29, 0.717) is 0 Å². The fraction of sp³-hybridized carbons (Fsp3) is 0.889. The first-order chi connectivity index (χ1) is 5.70. The predicted molar refractivity (Wildman–Crippen MR) is 48.6 cm³/mol. The Balaban J connectivity index is 1.90. The summed E-state index contributed by atoms with van der Waals surface area (Å²) in [5.74, 6) is 0.919. The van der Waals surface area contributed by atoms with Crippen molar-refractivity contribution in [1.82, 2.24) is 5.32 Å². The van der Waals surface area contributed by atoms with Crippen molar-refractivity contribution < 1.29 is 4.79 Å². The molecule has 0 radical (unpaired) electrons. The van der Waals surface area contributed by atoms with Gasteiger partial charge >= 0.3 is 0 Å². The van der Waals surface area contributed by atoms with Gasteiger partial charge in [0.05, 0.1) is 6.04 Å². The van der Waals surface area contributed by atoms with Crippen LogP contribution in [0, 0.1) is 5.92 Å². The summed E-state index contributed by atoms with van der Waals surface area (Å²) < 4.78 is 0. The van der Waals surface area contributed by atoms with Gasteiger partial charge in [-0.05, 0) is 25.7 Å². The molecular formula is C9H18N2O. The van der Waals surface area contributed by atoms with Gasteiger partial charge in [0.25, 0.3) is 0 Å². The van der Waals surface area contributed by atoms with Gasteiger partial charge in [0, 0.05) is 6.54 Å². The maximum absolute atomic E-state index is 11.0. The van der Waals surface area contributed by atoms with Crippen molar-refractivity contribution in [2.75, 3.05) is 6.54 Å². The lowest BCUT2D eigenvalue weighted by Crippen LogP contribution is -2.38. The van der Waals surface area contributed by atoms with Crippen molar-refractivity contribution in [2.45, 2.75) is 38.6 Å². The number of amides is 1. The molecule has 12 heavy (non-hydrogen) atoms. The van der Waals surface area contributed by atoms with Crippen molar-refractivity contribution in [3.8, 4) is 0 Å². The van der Waals surface area contributed by atoms with Crippen LogP contribution < -0.4 is 11.1 Å². The number of hydrogen-bond donors (Lipinski definition) is 2. The van der Waals surface area contributed by atoms with E-state index in [2.05, 4.69) is 5.32 Å². The number of rotatable bonds is 5. The van der Waals surface area contributed by atoms with Gasteiger partial charge in [-0.1, -0.05) is 12.8 Å². The van der Waals surface area contributed by atoms with Crippen LogP contribution in [0.2, 0.25) is 0 Å². The van der Waals surface area contributed by atoms with Crippen LogP contribution in [-0.4, -0.2) is 18.5 Å². The van der Waals surface area contributed by atoms with Crippen LogP contribution in [0.15, 0.2) is 0 Å². The van der Waals surface area contributed by atoms with E-state index in [9.17, 15) is 4.79 Å². The Labute approximate surface area is 73.7 Å². The first-order valence-corrected chi connectivity index (χ1v) is 4.73. The Hall–Kier alpha value is -0.570. The summed E-state index contributed by atoms with van der Waals surface area (Å²) in [6.45, 7) is 2.49.